The van der Waals surface area contributed by atoms with Crippen LogP contribution in [0.1, 0.15) is 22.8 Å². The molecule has 0 saturated carbocycles. The molecule has 0 unspecified atom stereocenters. The second-order valence-electron chi connectivity index (χ2n) is 4.83. The molecular formula is C17H14N2O2. The number of nitrogens with zero attached hydrogens (tertiary/aromatic N) is 2. The minimum Gasteiger partial charge on any atom is -0.438 e. The zero-order chi connectivity index (χ0) is 14.8. The Morgan fingerprint density at radius 3 is 2.52 bits per heavy atom. The van der Waals surface area contributed by atoms with Crippen molar-refractivity contribution in [3.05, 3.63) is 59.9 Å². The summed E-state index contributed by atoms with van der Waals surface area (Å²) in [7, 11) is 0. The van der Waals surface area contributed by atoms with Gasteiger partial charge in [-0.25, -0.2) is 9.97 Å². The molecule has 0 bridgehead atoms. The summed E-state index contributed by atoms with van der Waals surface area (Å²) in [5, 5.41) is 0.899. The van der Waals surface area contributed by atoms with Crippen LogP contribution in [0.25, 0.3) is 10.9 Å². The molecule has 0 saturated heterocycles. The molecule has 0 aliphatic heterocycles. The molecule has 0 N–H and O–H groups in total. The summed E-state index contributed by atoms with van der Waals surface area (Å²) >= 11 is 0. The van der Waals surface area contributed by atoms with Crippen LogP contribution in [0.15, 0.2) is 48.8 Å². The molecule has 3 aromatic rings. The molecule has 0 atom stereocenters. The summed E-state index contributed by atoms with van der Waals surface area (Å²) in [6.45, 7) is 3.54. The Labute approximate surface area is 122 Å². The van der Waals surface area contributed by atoms with Crippen LogP contribution < -0.4 is 4.74 Å². The van der Waals surface area contributed by atoms with E-state index in [1.807, 2.05) is 25.1 Å². The van der Waals surface area contributed by atoms with E-state index in [0.29, 0.717) is 17.2 Å². The van der Waals surface area contributed by atoms with E-state index < -0.39 is 0 Å². The van der Waals surface area contributed by atoms with E-state index in [-0.39, 0.29) is 5.78 Å². The van der Waals surface area contributed by atoms with Crippen LogP contribution in [0, 0.1) is 6.92 Å². The Hall–Kier alpha value is -2.75. The van der Waals surface area contributed by atoms with E-state index in [4.69, 9.17) is 4.74 Å². The van der Waals surface area contributed by atoms with Gasteiger partial charge < -0.3 is 4.74 Å². The minimum atomic E-state index is 0.0323. The van der Waals surface area contributed by atoms with Gasteiger partial charge in [-0.1, -0.05) is 12.1 Å². The van der Waals surface area contributed by atoms with Crippen LogP contribution in [-0.4, -0.2) is 15.8 Å². The number of ether oxygens (including phenoxy) is 1. The van der Waals surface area contributed by atoms with E-state index in [9.17, 15) is 4.79 Å². The number of carbonyl (C=O) groups excluding carboxylic acids is 1. The number of aromatic nitrogens is 2. The van der Waals surface area contributed by atoms with E-state index >= 15 is 0 Å². The fourth-order valence-electron chi connectivity index (χ4n) is 2.19. The zero-order valence-corrected chi connectivity index (χ0v) is 11.8. The molecule has 0 aliphatic carbocycles. The first-order valence-electron chi connectivity index (χ1n) is 6.64. The Morgan fingerprint density at radius 1 is 1.05 bits per heavy atom. The fraction of sp³-hybridized carbons (Fsp3) is 0.118. The van der Waals surface area contributed by atoms with Crippen LogP contribution in [0.3, 0.4) is 0 Å². The third-order valence-electron chi connectivity index (χ3n) is 3.31. The van der Waals surface area contributed by atoms with Crippen molar-refractivity contribution in [1.29, 1.82) is 0 Å². The summed E-state index contributed by atoms with van der Waals surface area (Å²) in [5.41, 5.74) is 2.56. The van der Waals surface area contributed by atoms with E-state index in [1.54, 1.807) is 24.3 Å². The highest BCUT2D eigenvalue weighted by molar-refractivity contribution is 5.94. The molecule has 4 nitrogen and oxygen atoms in total. The standard InChI is InChI=1S/C17H14N2O2/c1-11-4-3-5-15-16(11)17(19-10-18-15)21-14-8-6-13(7-9-14)12(2)20/h3-10H,1-2H3. The number of carbonyl (C=O) groups is 1. The fourth-order valence-corrected chi connectivity index (χ4v) is 2.19. The molecule has 21 heavy (non-hydrogen) atoms. The van der Waals surface area contributed by atoms with Gasteiger partial charge in [0.2, 0.25) is 5.88 Å². The third-order valence-corrected chi connectivity index (χ3v) is 3.31. The highest BCUT2D eigenvalue weighted by Gasteiger charge is 2.09. The van der Waals surface area contributed by atoms with Crippen molar-refractivity contribution in [3.8, 4) is 11.6 Å². The first-order chi connectivity index (χ1) is 10.1. The lowest BCUT2D eigenvalue weighted by Crippen LogP contribution is -1.94. The summed E-state index contributed by atoms with van der Waals surface area (Å²) in [6.07, 6.45) is 1.49. The summed E-state index contributed by atoms with van der Waals surface area (Å²) in [4.78, 5) is 19.7. The average Bonchev–Trinajstić information content (AvgIpc) is 2.48. The Kier molecular flexibility index (Phi) is 3.36. The molecule has 1 heterocycles. The van der Waals surface area contributed by atoms with Crippen LogP contribution in [-0.2, 0) is 0 Å². The lowest BCUT2D eigenvalue weighted by atomic mass is 10.1. The molecule has 3 rings (SSSR count). The van der Waals surface area contributed by atoms with Crippen molar-refractivity contribution < 1.29 is 9.53 Å². The topological polar surface area (TPSA) is 52.1 Å². The quantitative estimate of drug-likeness (QED) is 0.681. The molecule has 2 aromatic carbocycles. The summed E-state index contributed by atoms with van der Waals surface area (Å²) in [6, 6.07) is 12.9. The SMILES string of the molecule is CC(=O)c1ccc(Oc2ncnc3cccc(C)c23)cc1. The average molecular weight is 278 g/mol. The summed E-state index contributed by atoms with van der Waals surface area (Å²) < 4.78 is 5.84. The van der Waals surface area contributed by atoms with Crippen LogP contribution in [0.4, 0.5) is 0 Å². The number of ketones is 1. The van der Waals surface area contributed by atoms with Gasteiger partial charge in [0.25, 0.3) is 0 Å². The van der Waals surface area contributed by atoms with Gasteiger partial charge in [0.15, 0.2) is 5.78 Å². The van der Waals surface area contributed by atoms with Gasteiger partial charge >= 0.3 is 0 Å². The molecular weight excluding hydrogens is 264 g/mol. The third kappa shape index (κ3) is 2.60. The Balaban J connectivity index is 2.00. The lowest BCUT2D eigenvalue weighted by Gasteiger charge is -2.09. The maximum Gasteiger partial charge on any atom is 0.230 e. The first kappa shape index (κ1) is 13.2. The second-order valence-corrected chi connectivity index (χ2v) is 4.83. The second kappa shape index (κ2) is 5.32. The number of hydrogen-bond donors (Lipinski definition) is 0. The number of Topliss-reactive ketones (excluding diaryl/α,β-unsaturated/α-hetero) is 1. The predicted molar refractivity (Wildman–Crippen MR) is 80.8 cm³/mol. The van der Waals surface area contributed by atoms with Gasteiger partial charge in [0, 0.05) is 5.56 Å². The van der Waals surface area contributed by atoms with Crippen molar-refractivity contribution in [3.63, 3.8) is 0 Å². The largest absolute Gasteiger partial charge is 0.438 e. The molecule has 0 spiro atoms. The van der Waals surface area contributed by atoms with Crippen molar-refractivity contribution in [2.24, 2.45) is 0 Å². The molecule has 0 aliphatic rings. The first-order valence-corrected chi connectivity index (χ1v) is 6.64. The highest BCUT2D eigenvalue weighted by atomic mass is 16.5. The smallest absolute Gasteiger partial charge is 0.230 e. The van der Waals surface area contributed by atoms with Gasteiger partial charge in [0.1, 0.15) is 12.1 Å². The van der Waals surface area contributed by atoms with Gasteiger partial charge in [-0.2, -0.15) is 0 Å². The van der Waals surface area contributed by atoms with Gasteiger partial charge in [-0.3, -0.25) is 4.79 Å². The molecule has 0 fully saturated rings. The van der Waals surface area contributed by atoms with E-state index in [0.717, 1.165) is 16.5 Å². The van der Waals surface area contributed by atoms with Crippen molar-refractivity contribution >= 4 is 16.7 Å². The Bertz CT molecular complexity index is 805. The molecule has 104 valence electrons. The van der Waals surface area contributed by atoms with E-state index in [2.05, 4.69) is 9.97 Å². The highest BCUT2D eigenvalue weighted by Crippen LogP contribution is 2.29. The van der Waals surface area contributed by atoms with Gasteiger partial charge in [-0.15, -0.1) is 0 Å². The monoisotopic (exact) mass is 278 g/mol. The van der Waals surface area contributed by atoms with Crippen LogP contribution >= 0.6 is 0 Å². The number of hydrogen-bond acceptors (Lipinski definition) is 4. The number of benzene rings is 2. The van der Waals surface area contributed by atoms with Gasteiger partial charge in [-0.05, 0) is 49.7 Å². The maximum absolute atomic E-state index is 11.3. The number of aryl methyl sites for hydroxylation is 1. The van der Waals surface area contributed by atoms with Gasteiger partial charge in [0.05, 0.1) is 10.9 Å². The number of rotatable bonds is 3. The van der Waals surface area contributed by atoms with E-state index in [1.165, 1.54) is 13.3 Å². The molecule has 4 heteroatoms. The minimum absolute atomic E-state index is 0.0323. The van der Waals surface area contributed by atoms with Crippen LogP contribution in [0.2, 0.25) is 0 Å². The zero-order valence-electron chi connectivity index (χ0n) is 11.8. The summed E-state index contributed by atoms with van der Waals surface area (Å²) in [5.74, 6) is 1.20. The maximum atomic E-state index is 11.3. The lowest BCUT2D eigenvalue weighted by molar-refractivity contribution is 0.101. The van der Waals surface area contributed by atoms with Crippen molar-refractivity contribution in [2.75, 3.05) is 0 Å². The molecule has 0 amide bonds. The molecule has 1 aromatic heterocycles. The molecule has 0 radical (unpaired) electrons. The van der Waals surface area contributed by atoms with Crippen LogP contribution in [0.5, 0.6) is 11.6 Å². The van der Waals surface area contributed by atoms with Crippen molar-refractivity contribution in [1.82, 2.24) is 9.97 Å². The normalized spacial score (nSPS) is 10.6. The Morgan fingerprint density at radius 2 is 1.81 bits per heavy atom. The predicted octanol–water partition coefficient (Wildman–Crippen LogP) is 3.93. The van der Waals surface area contributed by atoms with Crippen molar-refractivity contribution in [2.45, 2.75) is 13.8 Å². The number of fused-ring (bicyclic) bond motifs is 1.